The summed E-state index contributed by atoms with van der Waals surface area (Å²) in [6.45, 7) is 1.47. The molecule has 0 heterocycles. The fourth-order valence-electron chi connectivity index (χ4n) is 2.81. The number of benzene rings is 3. The lowest BCUT2D eigenvalue weighted by atomic mass is 10.1. The summed E-state index contributed by atoms with van der Waals surface area (Å²) in [6.07, 6.45) is 2.91. The van der Waals surface area contributed by atoms with E-state index in [-0.39, 0.29) is 5.91 Å². The molecule has 0 saturated carbocycles. The Kier molecular flexibility index (Phi) is 7.32. The smallest absolute Gasteiger partial charge is 0.331 e. The van der Waals surface area contributed by atoms with Crippen LogP contribution in [0, 0.1) is 6.92 Å². The molecule has 31 heavy (non-hydrogen) atoms. The summed E-state index contributed by atoms with van der Waals surface area (Å²) in [5, 5.41) is 5.39. The van der Waals surface area contributed by atoms with Gasteiger partial charge in [-0.2, -0.15) is 0 Å². The number of anilines is 2. The molecule has 2 N–H and O–H groups in total. The summed E-state index contributed by atoms with van der Waals surface area (Å²) in [7, 11) is 0. The van der Waals surface area contributed by atoms with Gasteiger partial charge < -0.3 is 15.4 Å². The van der Waals surface area contributed by atoms with Crippen molar-refractivity contribution in [2.45, 2.75) is 6.92 Å². The molecule has 0 aliphatic carbocycles. The van der Waals surface area contributed by atoms with Gasteiger partial charge in [-0.05, 0) is 48.4 Å². The van der Waals surface area contributed by atoms with Crippen molar-refractivity contribution < 1.29 is 19.1 Å². The Hall–Kier alpha value is -4.19. The first kappa shape index (κ1) is 21.5. The van der Waals surface area contributed by atoms with Crippen LogP contribution in [0.2, 0.25) is 0 Å². The highest BCUT2D eigenvalue weighted by Crippen LogP contribution is 2.17. The monoisotopic (exact) mass is 414 g/mol. The van der Waals surface area contributed by atoms with Crippen LogP contribution in [-0.4, -0.2) is 24.4 Å². The normalized spacial score (nSPS) is 10.5. The third kappa shape index (κ3) is 6.40. The summed E-state index contributed by atoms with van der Waals surface area (Å²) in [6, 6.07) is 23.2. The van der Waals surface area contributed by atoms with Crippen LogP contribution in [0.15, 0.2) is 84.9 Å². The van der Waals surface area contributed by atoms with E-state index in [2.05, 4.69) is 10.6 Å². The fraction of sp³-hybridized carbons (Fsp3) is 0.0800. The van der Waals surface area contributed by atoms with Crippen LogP contribution in [0.25, 0.3) is 6.08 Å². The van der Waals surface area contributed by atoms with Crippen molar-refractivity contribution in [1.82, 2.24) is 0 Å². The largest absolute Gasteiger partial charge is 0.452 e. The highest BCUT2D eigenvalue weighted by Gasteiger charge is 2.14. The van der Waals surface area contributed by atoms with Crippen molar-refractivity contribution in [3.8, 4) is 0 Å². The zero-order valence-electron chi connectivity index (χ0n) is 17.0. The van der Waals surface area contributed by atoms with Crippen LogP contribution >= 0.6 is 0 Å². The third-order valence-corrected chi connectivity index (χ3v) is 4.41. The summed E-state index contributed by atoms with van der Waals surface area (Å²) < 4.78 is 5.00. The molecule has 0 fully saturated rings. The average Bonchev–Trinajstić information content (AvgIpc) is 2.78. The minimum Gasteiger partial charge on any atom is -0.452 e. The Bertz CT molecular complexity index is 1110. The minimum atomic E-state index is -0.631. The molecule has 0 aliphatic rings. The SMILES string of the molecule is Cc1ccccc1/C=C/C(=O)OCC(=O)Nc1ccccc1C(=O)Nc1ccccc1. The zero-order chi connectivity index (χ0) is 22.1. The molecular formula is C25H22N2O4. The van der Waals surface area contributed by atoms with E-state index in [4.69, 9.17) is 4.74 Å². The van der Waals surface area contributed by atoms with Gasteiger partial charge in [-0.25, -0.2) is 4.79 Å². The molecule has 0 aromatic heterocycles. The quantitative estimate of drug-likeness (QED) is 0.442. The van der Waals surface area contributed by atoms with E-state index in [0.29, 0.717) is 16.9 Å². The van der Waals surface area contributed by atoms with E-state index in [1.165, 1.54) is 6.08 Å². The molecular weight excluding hydrogens is 392 g/mol. The van der Waals surface area contributed by atoms with E-state index in [1.807, 2.05) is 49.4 Å². The number of carbonyl (C=O) groups is 3. The highest BCUT2D eigenvalue weighted by molar-refractivity contribution is 6.10. The van der Waals surface area contributed by atoms with Gasteiger partial charge in [0, 0.05) is 11.8 Å². The van der Waals surface area contributed by atoms with Crippen LogP contribution in [0.5, 0.6) is 0 Å². The molecule has 0 aliphatic heterocycles. The lowest BCUT2D eigenvalue weighted by molar-refractivity contribution is -0.142. The number of esters is 1. The molecule has 0 saturated heterocycles. The molecule has 6 nitrogen and oxygen atoms in total. The van der Waals surface area contributed by atoms with Crippen molar-refractivity contribution >= 4 is 35.2 Å². The van der Waals surface area contributed by atoms with E-state index in [1.54, 1.807) is 42.5 Å². The van der Waals surface area contributed by atoms with Gasteiger partial charge in [0.2, 0.25) is 0 Å². The minimum absolute atomic E-state index is 0.297. The van der Waals surface area contributed by atoms with Crippen molar-refractivity contribution in [3.05, 3.63) is 102 Å². The molecule has 156 valence electrons. The van der Waals surface area contributed by atoms with Crippen molar-refractivity contribution in [1.29, 1.82) is 0 Å². The lowest BCUT2D eigenvalue weighted by Gasteiger charge is -2.11. The molecule has 2 amide bonds. The standard InChI is InChI=1S/C25H22N2O4/c1-18-9-5-6-10-19(18)15-16-24(29)31-17-23(28)27-22-14-8-7-13-21(22)25(30)26-20-11-3-2-4-12-20/h2-16H,17H2,1H3,(H,26,30)(H,27,28)/b16-15+. The van der Waals surface area contributed by atoms with Crippen molar-refractivity contribution in [2.75, 3.05) is 17.2 Å². The number of nitrogens with one attached hydrogen (secondary N) is 2. The predicted molar refractivity (Wildman–Crippen MR) is 121 cm³/mol. The van der Waals surface area contributed by atoms with E-state index in [0.717, 1.165) is 11.1 Å². The van der Waals surface area contributed by atoms with Gasteiger partial charge in [0.15, 0.2) is 6.61 Å². The summed E-state index contributed by atoms with van der Waals surface area (Å²) in [4.78, 5) is 36.7. The van der Waals surface area contributed by atoms with Crippen LogP contribution in [-0.2, 0) is 14.3 Å². The second-order valence-electron chi connectivity index (χ2n) is 6.71. The fourth-order valence-corrected chi connectivity index (χ4v) is 2.81. The first-order valence-electron chi connectivity index (χ1n) is 9.68. The second-order valence-corrected chi connectivity index (χ2v) is 6.71. The number of hydrogen-bond donors (Lipinski definition) is 2. The van der Waals surface area contributed by atoms with Crippen LogP contribution in [0.3, 0.4) is 0 Å². The van der Waals surface area contributed by atoms with Gasteiger partial charge in [0.25, 0.3) is 11.8 Å². The number of para-hydroxylation sites is 2. The molecule has 3 rings (SSSR count). The number of rotatable bonds is 7. The number of hydrogen-bond acceptors (Lipinski definition) is 4. The molecule has 0 spiro atoms. The maximum absolute atomic E-state index is 12.6. The Labute approximate surface area is 180 Å². The van der Waals surface area contributed by atoms with Gasteiger partial charge in [0.05, 0.1) is 11.3 Å². The molecule has 3 aromatic carbocycles. The lowest BCUT2D eigenvalue weighted by Crippen LogP contribution is -2.22. The average molecular weight is 414 g/mol. The second kappa shape index (κ2) is 10.5. The van der Waals surface area contributed by atoms with Gasteiger partial charge in [-0.1, -0.05) is 54.6 Å². The van der Waals surface area contributed by atoms with Crippen LogP contribution in [0.1, 0.15) is 21.5 Å². The Morgan fingerprint density at radius 1 is 0.839 bits per heavy atom. The maximum Gasteiger partial charge on any atom is 0.331 e. The Balaban J connectivity index is 1.56. The van der Waals surface area contributed by atoms with Crippen molar-refractivity contribution in [2.24, 2.45) is 0 Å². The molecule has 0 unspecified atom stereocenters. The number of aryl methyl sites for hydroxylation is 1. The summed E-state index contributed by atoms with van der Waals surface area (Å²) >= 11 is 0. The summed E-state index contributed by atoms with van der Waals surface area (Å²) in [5.74, 6) is -1.54. The first-order valence-corrected chi connectivity index (χ1v) is 9.68. The first-order chi connectivity index (χ1) is 15.0. The Morgan fingerprint density at radius 2 is 1.52 bits per heavy atom. The van der Waals surface area contributed by atoms with Gasteiger partial charge in [-0.3, -0.25) is 9.59 Å². The molecule has 6 heteroatoms. The molecule has 0 bridgehead atoms. The third-order valence-electron chi connectivity index (χ3n) is 4.41. The topological polar surface area (TPSA) is 84.5 Å². The highest BCUT2D eigenvalue weighted by atomic mass is 16.5. The van der Waals surface area contributed by atoms with E-state index < -0.39 is 18.5 Å². The van der Waals surface area contributed by atoms with Crippen LogP contribution < -0.4 is 10.6 Å². The van der Waals surface area contributed by atoms with E-state index in [9.17, 15) is 14.4 Å². The van der Waals surface area contributed by atoms with Gasteiger partial charge in [0.1, 0.15) is 0 Å². The molecule has 3 aromatic rings. The maximum atomic E-state index is 12.6. The van der Waals surface area contributed by atoms with Crippen molar-refractivity contribution in [3.63, 3.8) is 0 Å². The van der Waals surface area contributed by atoms with Crippen LogP contribution in [0.4, 0.5) is 11.4 Å². The van der Waals surface area contributed by atoms with E-state index >= 15 is 0 Å². The molecule has 0 atom stereocenters. The number of ether oxygens (including phenoxy) is 1. The van der Waals surface area contributed by atoms with Gasteiger partial charge >= 0.3 is 5.97 Å². The Morgan fingerprint density at radius 3 is 2.29 bits per heavy atom. The predicted octanol–water partition coefficient (Wildman–Crippen LogP) is 4.44. The molecule has 0 radical (unpaired) electrons. The van der Waals surface area contributed by atoms with Gasteiger partial charge in [-0.15, -0.1) is 0 Å². The summed E-state index contributed by atoms with van der Waals surface area (Å²) in [5.41, 5.74) is 3.18. The number of carbonyl (C=O) groups excluding carboxylic acids is 3. The zero-order valence-corrected chi connectivity index (χ0v) is 17.0. The number of amides is 2.